The first kappa shape index (κ1) is 20.3. The van der Waals surface area contributed by atoms with Crippen LogP contribution in [0.25, 0.3) is 11.1 Å². The first-order valence-electron chi connectivity index (χ1n) is 11.1. The van der Waals surface area contributed by atoms with E-state index in [9.17, 15) is 9.18 Å². The van der Waals surface area contributed by atoms with Gasteiger partial charge in [-0.25, -0.2) is 9.18 Å². The van der Waals surface area contributed by atoms with Crippen LogP contribution in [-0.4, -0.2) is 43.3 Å². The van der Waals surface area contributed by atoms with Crippen molar-refractivity contribution in [3.05, 3.63) is 53.8 Å². The summed E-state index contributed by atoms with van der Waals surface area (Å²) in [6.45, 7) is 7.64. The maximum absolute atomic E-state index is 14.2. The fourth-order valence-electron chi connectivity index (χ4n) is 5.14. The number of carbonyl (C=O) groups excluding carboxylic acids is 1. The van der Waals surface area contributed by atoms with E-state index in [0.29, 0.717) is 23.8 Å². The minimum Gasteiger partial charge on any atom is -0.493 e. The van der Waals surface area contributed by atoms with Crippen molar-refractivity contribution in [2.24, 2.45) is 11.3 Å². The predicted octanol–water partition coefficient (Wildman–Crippen LogP) is 4.77. The molecule has 1 amide bonds. The average molecular weight is 425 g/mol. The standard InChI is InChI=1S/C25H29FN2O3/c1-25(2)15-30-21-13-17(18-5-3-4-6-20(18)26)7-8-19(21)23(25)27-24(29)31-22-14-28-11-9-16(22)10-12-28/h3-8,13,16,22-23H,9-12,14-15H2,1-2H3,(H,27,29)/t22-,23?/m0/s1. The van der Waals surface area contributed by atoms with Gasteiger partial charge >= 0.3 is 6.09 Å². The number of nitrogens with one attached hydrogen (secondary N) is 1. The highest BCUT2D eigenvalue weighted by Crippen LogP contribution is 2.44. The molecule has 4 heterocycles. The zero-order valence-corrected chi connectivity index (χ0v) is 18.1. The zero-order valence-electron chi connectivity index (χ0n) is 18.1. The van der Waals surface area contributed by atoms with Crippen molar-refractivity contribution in [2.45, 2.75) is 38.8 Å². The monoisotopic (exact) mass is 424 g/mol. The number of alkyl carbamates (subject to hydrolysis) is 1. The summed E-state index contributed by atoms with van der Waals surface area (Å²) in [5, 5.41) is 3.11. The predicted molar refractivity (Wildman–Crippen MR) is 116 cm³/mol. The Labute approximate surface area is 182 Å². The summed E-state index contributed by atoms with van der Waals surface area (Å²) in [6, 6.07) is 12.1. The van der Waals surface area contributed by atoms with Crippen LogP contribution in [0.1, 0.15) is 38.3 Å². The van der Waals surface area contributed by atoms with Gasteiger partial charge in [-0.3, -0.25) is 4.90 Å². The molecule has 2 bridgehead atoms. The van der Waals surface area contributed by atoms with E-state index in [4.69, 9.17) is 9.47 Å². The Morgan fingerprint density at radius 1 is 1.19 bits per heavy atom. The number of piperidine rings is 3. The van der Waals surface area contributed by atoms with Crippen LogP contribution < -0.4 is 10.1 Å². The van der Waals surface area contributed by atoms with Gasteiger partial charge in [-0.05, 0) is 49.5 Å². The third-order valence-electron chi connectivity index (χ3n) is 7.01. The summed E-state index contributed by atoms with van der Waals surface area (Å²) in [5.74, 6) is 0.872. The number of halogens is 1. The Morgan fingerprint density at radius 3 is 2.68 bits per heavy atom. The maximum Gasteiger partial charge on any atom is 0.407 e. The van der Waals surface area contributed by atoms with Crippen molar-refractivity contribution in [1.29, 1.82) is 0 Å². The van der Waals surface area contributed by atoms with E-state index in [2.05, 4.69) is 24.1 Å². The highest BCUT2D eigenvalue weighted by molar-refractivity contribution is 5.70. The van der Waals surface area contributed by atoms with Crippen LogP contribution in [0.2, 0.25) is 0 Å². The third kappa shape index (κ3) is 3.89. The van der Waals surface area contributed by atoms with Gasteiger partial charge in [0, 0.05) is 23.1 Å². The molecule has 1 unspecified atom stereocenters. The van der Waals surface area contributed by atoms with Crippen LogP contribution in [0, 0.1) is 17.2 Å². The first-order chi connectivity index (χ1) is 14.9. The lowest BCUT2D eigenvalue weighted by molar-refractivity contribution is -0.0361. The molecule has 2 atom stereocenters. The number of rotatable bonds is 3. The molecule has 0 spiro atoms. The van der Waals surface area contributed by atoms with Crippen LogP contribution in [0.3, 0.4) is 0 Å². The lowest BCUT2D eigenvalue weighted by Gasteiger charge is -2.44. The molecule has 3 saturated heterocycles. The molecule has 164 valence electrons. The first-order valence-corrected chi connectivity index (χ1v) is 11.1. The van der Waals surface area contributed by atoms with Crippen LogP contribution in [0.5, 0.6) is 5.75 Å². The molecule has 0 aliphatic carbocycles. The van der Waals surface area contributed by atoms with Gasteiger partial charge in [0.25, 0.3) is 0 Å². The van der Waals surface area contributed by atoms with Gasteiger partial charge in [-0.1, -0.05) is 44.2 Å². The van der Waals surface area contributed by atoms with Crippen LogP contribution in [0.4, 0.5) is 9.18 Å². The molecule has 31 heavy (non-hydrogen) atoms. The largest absolute Gasteiger partial charge is 0.493 e. The second kappa shape index (κ2) is 7.83. The topological polar surface area (TPSA) is 50.8 Å². The smallest absolute Gasteiger partial charge is 0.407 e. The highest BCUT2D eigenvalue weighted by Gasteiger charge is 2.41. The Balaban J connectivity index is 1.36. The van der Waals surface area contributed by atoms with Gasteiger partial charge in [0.1, 0.15) is 17.7 Å². The van der Waals surface area contributed by atoms with E-state index in [1.807, 2.05) is 24.3 Å². The molecular weight excluding hydrogens is 395 g/mol. The van der Waals surface area contributed by atoms with E-state index in [1.165, 1.54) is 6.07 Å². The average Bonchev–Trinajstić information content (AvgIpc) is 2.77. The van der Waals surface area contributed by atoms with Crippen LogP contribution in [-0.2, 0) is 4.74 Å². The van der Waals surface area contributed by atoms with Crippen molar-refractivity contribution in [2.75, 3.05) is 26.2 Å². The summed E-state index contributed by atoms with van der Waals surface area (Å²) < 4.78 is 26.1. The number of nitrogens with zero attached hydrogens (tertiary/aromatic N) is 1. The van der Waals surface area contributed by atoms with Gasteiger partial charge < -0.3 is 14.8 Å². The maximum atomic E-state index is 14.2. The molecule has 0 aromatic heterocycles. The van der Waals surface area contributed by atoms with Gasteiger partial charge in [0.2, 0.25) is 0 Å². The molecule has 4 aliphatic rings. The van der Waals surface area contributed by atoms with Crippen LogP contribution in [0.15, 0.2) is 42.5 Å². The molecule has 0 saturated carbocycles. The van der Waals surface area contributed by atoms with E-state index in [0.717, 1.165) is 43.6 Å². The molecule has 6 rings (SSSR count). The third-order valence-corrected chi connectivity index (χ3v) is 7.01. The van der Waals surface area contributed by atoms with E-state index in [1.54, 1.807) is 12.1 Å². The minimum absolute atomic E-state index is 0.0339. The van der Waals surface area contributed by atoms with Gasteiger partial charge in [-0.15, -0.1) is 0 Å². The van der Waals surface area contributed by atoms with Gasteiger partial charge in [0.15, 0.2) is 0 Å². The van der Waals surface area contributed by atoms with E-state index in [-0.39, 0.29) is 29.5 Å². The van der Waals surface area contributed by atoms with Gasteiger partial charge in [-0.2, -0.15) is 0 Å². The molecule has 5 nitrogen and oxygen atoms in total. The molecule has 0 radical (unpaired) electrons. The summed E-state index contributed by atoms with van der Waals surface area (Å²) in [5.41, 5.74) is 1.87. The quantitative estimate of drug-likeness (QED) is 0.771. The molecular formula is C25H29FN2O3. The fourth-order valence-corrected chi connectivity index (χ4v) is 5.14. The number of ether oxygens (including phenoxy) is 2. The van der Waals surface area contributed by atoms with Crippen molar-refractivity contribution in [3.8, 4) is 16.9 Å². The minimum atomic E-state index is -0.372. The lowest BCUT2D eigenvalue weighted by Crippen LogP contribution is -2.53. The summed E-state index contributed by atoms with van der Waals surface area (Å²) in [7, 11) is 0. The molecule has 3 fully saturated rings. The summed E-state index contributed by atoms with van der Waals surface area (Å²) in [4.78, 5) is 15.2. The number of amides is 1. The second-order valence-corrected chi connectivity index (χ2v) is 9.67. The Bertz CT molecular complexity index is 984. The zero-order chi connectivity index (χ0) is 21.6. The number of carbonyl (C=O) groups is 1. The summed E-state index contributed by atoms with van der Waals surface area (Å²) in [6.07, 6.45) is 1.79. The Morgan fingerprint density at radius 2 is 1.97 bits per heavy atom. The van der Waals surface area contributed by atoms with Crippen molar-refractivity contribution >= 4 is 6.09 Å². The van der Waals surface area contributed by atoms with E-state index >= 15 is 0 Å². The summed E-state index contributed by atoms with van der Waals surface area (Å²) >= 11 is 0. The highest BCUT2D eigenvalue weighted by atomic mass is 19.1. The number of benzene rings is 2. The molecule has 2 aromatic carbocycles. The normalized spacial score (nSPS) is 28.4. The van der Waals surface area contributed by atoms with Crippen molar-refractivity contribution in [1.82, 2.24) is 10.2 Å². The van der Waals surface area contributed by atoms with Crippen molar-refractivity contribution < 1.29 is 18.7 Å². The Hall–Kier alpha value is -2.60. The molecule has 1 N–H and O–H groups in total. The second-order valence-electron chi connectivity index (χ2n) is 9.67. The van der Waals surface area contributed by atoms with Crippen molar-refractivity contribution in [3.63, 3.8) is 0 Å². The SMILES string of the molecule is CC1(C)COc2cc(-c3ccccc3F)ccc2C1NC(=O)O[C@H]1CN2CCC1CC2. The Kier molecular flexibility index (Phi) is 5.13. The molecule has 6 heteroatoms. The lowest BCUT2D eigenvalue weighted by atomic mass is 9.78. The fraction of sp³-hybridized carbons (Fsp3) is 0.480. The molecule has 4 aliphatic heterocycles. The van der Waals surface area contributed by atoms with E-state index < -0.39 is 0 Å². The van der Waals surface area contributed by atoms with Crippen LogP contribution >= 0.6 is 0 Å². The van der Waals surface area contributed by atoms with Gasteiger partial charge in [0.05, 0.1) is 12.6 Å². The number of hydrogen-bond acceptors (Lipinski definition) is 4. The number of hydrogen-bond donors (Lipinski definition) is 1. The number of fused-ring (bicyclic) bond motifs is 4. The molecule has 2 aromatic rings.